The number of rotatable bonds is 3. The quantitative estimate of drug-likeness (QED) is 0.825. The number of piperidine rings is 1. The summed E-state index contributed by atoms with van der Waals surface area (Å²) in [7, 11) is 1.82. The van der Waals surface area contributed by atoms with Gasteiger partial charge in [0.1, 0.15) is 5.82 Å². The first-order chi connectivity index (χ1) is 12.3. The fourth-order valence-corrected chi connectivity index (χ4v) is 3.42. The zero-order chi connectivity index (χ0) is 18.9. The number of likely N-dealkylation sites (tertiary alicyclic amines) is 1. The van der Waals surface area contributed by atoms with E-state index >= 15 is 0 Å². The monoisotopic (exact) mass is 384 g/mol. The molecule has 1 saturated heterocycles. The van der Waals surface area contributed by atoms with Gasteiger partial charge in [-0.05, 0) is 36.7 Å². The normalized spacial score (nSPS) is 18.2. The predicted octanol–water partition coefficient (Wildman–Crippen LogP) is 3.45. The number of H-pyrrole nitrogens is 1. The van der Waals surface area contributed by atoms with Crippen LogP contribution in [0.2, 0.25) is 0 Å². The van der Waals surface area contributed by atoms with Gasteiger partial charge in [-0.1, -0.05) is 18.2 Å². The molecule has 2 aromatic rings. The van der Waals surface area contributed by atoms with Crippen molar-refractivity contribution in [2.75, 3.05) is 13.1 Å². The largest absolute Gasteiger partial charge is 0.416 e. The molecule has 1 aliphatic rings. The predicted molar refractivity (Wildman–Crippen MR) is 92.1 cm³/mol. The first-order valence-corrected chi connectivity index (χ1v) is 8.71. The van der Waals surface area contributed by atoms with Crippen LogP contribution in [0.3, 0.4) is 0 Å². The molecule has 0 spiro atoms. The van der Waals surface area contributed by atoms with Gasteiger partial charge in [0.2, 0.25) is 5.91 Å². The maximum atomic E-state index is 12.8. The second-order valence-corrected chi connectivity index (χ2v) is 6.89. The van der Waals surface area contributed by atoms with Gasteiger partial charge in [-0.3, -0.25) is 9.89 Å². The molecule has 5 nitrogen and oxygen atoms in total. The molecule has 0 aliphatic carbocycles. The number of aromatic amines is 1. The zero-order valence-electron chi connectivity index (χ0n) is 14.2. The van der Waals surface area contributed by atoms with Crippen LogP contribution in [0.4, 0.5) is 13.2 Å². The summed E-state index contributed by atoms with van der Waals surface area (Å²) >= 11 is 5.13. The van der Waals surface area contributed by atoms with E-state index in [0.717, 1.165) is 30.8 Å². The van der Waals surface area contributed by atoms with Gasteiger partial charge < -0.3 is 9.47 Å². The Hall–Kier alpha value is -2.16. The highest BCUT2D eigenvalue weighted by molar-refractivity contribution is 7.71. The van der Waals surface area contributed by atoms with Crippen molar-refractivity contribution in [3.8, 4) is 0 Å². The highest BCUT2D eigenvalue weighted by Crippen LogP contribution is 2.30. The Labute approximate surface area is 153 Å². The third-order valence-corrected chi connectivity index (χ3v) is 5.03. The van der Waals surface area contributed by atoms with Gasteiger partial charge in [-0.2, -0.15) is 18.3 Å². The molecule has 140 valence electrons. The molecule has 0 bridgehead atoms. The lowest BCUT2D eigenvalue weighted by atomic mass is 9.96. The number of benzene rings is 1. The van der Waals surface area contributed by atoms with Crippen LogP contribution < -0.4 is 0 Å². The van der Waals surface area contributed by atoms with Crippen molar-refractivity contribution in [2.24, 2.45) is 7.05 Å². The Morgan fingerprint density at radius 2 is 2.19 bits per heavy atom. The smallest absolute Gasteiger partial charge is 0.342 e. The summed E-state index contributed by atoms with van der Waals surface area (Å²) in [4.78, 5) is 14.3. The Balaban J connectivity index is 1.70. The molecule has 9 heteroatoms. The van der Waals surface area contributed by atoms with Gasteiger partial charge in [-0.25, -0.2) is 0 Å². The molecule has 26 heavy (non-hydrogen) atoms. The summed E-state index contributed by atoms with van der Waals surface area (Å²) in [5.74, 6) is 0.685. The lowest BCUT2D eigenvalue weighted by molar-refractivity contribution is -0.138. The van der Waals surface area contributed by atoms with Crippen LogP contribution in [0.1, 0.15) is 35.7 Å². The van der Waals surface area contributed by atoms with Gasteiger partial charge >= 0.3 is 6.18 Å². The van der Waals surface area contributed by atoms with E-state index < -0.39 is 11.7 Å². The number of carbonyl (C=O) groups is 1. The molecule has 1 N–H and O–H groups in total. The third-order valence-electron chi connectivity index (χ3n) is 4.66. The fourth-order valence-electron chi connectivity index (χ4n) is 3.28. The molecule has 0 saturated carbocycles. The summed E-state index contributed by atoms with van der Waals surface area (Å²) in [5, 5.41) is 6.98. The standard InChI is InChI=1S/C17H19F3N4OS/c1-23-15(21-22-16(23)26)12-5-3-7-24(10-12)14(25)9-11-4-2-6-13(8-11)17(18,19)20/h2,4,6,8,12H,3,5,7,9-10H2,1H3,(H,22,26). The molecule has 0 radical (unpaired) electrons. The summed E-state index contributed by atoms with van der Waals surface area (Å²) in [6, 6.07) is 4.93. The zero-order valence-corrected chi connectivity index (χ0v) is 15.0. The number of aromatic nitrogens is 3. The number of hydrogen-bond donors (Lipinski definition) is 1. The third kappa shape index (κ3) is 3.98. The average Bonchev–Trinajstić information content (AvgIpc) is 2.94. The highest BCUT2D eigenvalue weighted by atomic mass is 32.1. The molecule has 1 atom stereocenters. The minimum absolute atomic E-state index is 0.0460. The number of halogens is 3. The van der Waals surface area contributed by atoms with Gasteiger partial charge in [0.15, 0.2) is 4.77 Å². The summed E-state index contributed by atoms with van der Waals surface area (Å²) in [6.45, 7) is 1.09. The number of amides is 1. The first kappa shape index (κ1) is 18.6. The van der Waals surface area contributed by atoms with Gasteiger partial charge in [0.05, 0.1) is 12.0 Å². The summed E-state index contributed by atoms with van der Waals surface area (Å²) in [6.07, 6.45) is -2.75. The second-order valence-electron chi connectivity index (χ2n) is 6.50. The lowest BCUT2D eigenvalue weighted by Crippen LogP contribution is -2.40. The van der Waals surface area contributed by atoms with Gasteiger partial charge in [-0.15, -0.1) is 0 Å². The molecule has 1 aromatic carbocycles. The van der Waals surface area contributed by atoms with Crippen molar-refractivity contribution in [3.63, 3.8) is 0 Å². The Morgan fingerprint density at radius 3 is 2.85 bits per heavy atom. The first-order valence-electron chi connectivity index (χ1n) is 8.31. The number of hydrogen-bond acceptors (Lipinski definition) is 3. The van der Waals surface area contributed by atoms with Crippen molar-refractivity contribution >= 4 is 18.1 Å². The number of carbonyl (C=O) groups excluding carboxylic acids is 1. The molecule has 1 fully saturated rings. The lowest BCUT2D eigenvalue weighted by Gasteiger charge is -2.32. The van der Waals surface area contributed by atoms with Crippen molar-refractivity contribution in [2.45, 2.75) is 31.4 Å². The van der Waals surface area contributed by atoms with Crippen LogP contribution in [0.5, 0.6) is 0 Å². The molecule has 3 rings (SSSR count). The van der Waals surface area contributed by atoms with Crippen LogP contribution in [-0.4, -0.2) is 38.7 Å². The minimum atomic E-state index is -4.41. The van der Waals surface area contributed by atoms with Crippen LogP contribution in [0, 0.1) is 4.77 Å². The van der Waals surface area contributed by atoms with Crippen molar-refractivity contribution in [1.29, 1.82) is 0 Å². The molecule has 1 aliphatic heterocycles. The SMILES string of the molecule is Cn1c(C2CCCN(C(=O)Cc3cccc(C(F)(F)F)c3)C2)n[nH]c1=S. The maximum Gasteiger partial charge on any atom is 0.416 e. The van der Waals surface area contributed by atoms with Crippen LogP contribution in [0.25, 0.3) is 0 Å². The van der Waals surface area contributed by atoms with Gasteiger partial charge in [0, 0.05) is 26.1 Å². The Kier molecular flexibility index (Phi) is 5.17. The van der Waals surface area contributed by atoms with Crippen LogP contribution in [-0.2, 0) is 24.4 Å². The van der Waals surface area contributed by atoms with Gasteiger partial charge in [0.25, 0.3) is 0 Å². The van der Waals surface area contributed by atoms with Crippen molar-refractivity contribution in [3.05, 3.63) is 46.0 Å². The number of alkyl halides is 3. The number of nitrogens with one attached hydrogen (secondary N) is 1. The maximum absolute atomic E-state index is 12.8. The van der Waals surface area contributed by atoms with Crippen LogP contribution in [0.15, 0.2) is 24.3 Å². The topological polar surface area (TPSA) is 53.9 Å². The molecule has 1 amide bonds. The summed E-state index contributed by atoms with van der Waals surface area (Å²) < 4.78 is 40.8. The Morgan fingerprint density at radius 1 is 1.42 bits per heavy atom. The molecular weight excluding hydrogens is 365 g/mol. The minimum Gasteiger partial charge on any atom is -0.342 e. The molecule has 2 heterocycles. The van der Waals surface area contributed by atoms with E-state index in [2.05, 4.69) is 10.2 Å². The van der Waals surface area contributed by atoms with E-state index in [0.29, 0.717) is 23.4 Å². The van der Waals surface area contributed by atoms with E-state index in [1.807, 2.05) is 7.05 Å². The van der Waals surface area contributed by atoms with Crippen molar-refractivity contribution in [1.82, 2.24) is 19.7 Å². The average molecular weight is 384 g/mol. The molecular formula is C17H19F3N4OS. The summed E-state index contributed by atoms with van der Waals surface area (Å²) in [5.41, 5.74) is -0.369. The molecule has 1 aromatic heterocycles. The second kappa shape index (κ2) is 7.22. The molecule has 1 unspecified atom stereocenters. The van der Waals surface area contributed by atoms with E-state index in [9.17, 15) is 18.0 Å². The van der Waals surface area contributed by atoms with E-state index in [1.54, 1.807) is 15.5 Å². The highest BCUT2D eigenvalue weighted by Gasteiger charge is 2.31. The Bertz CT molecular complexity index is 858. The van der Waals surface area contributed by atoms with E-state index in [1.165, 1.54) is 6.07 Å². The number of nitrogens with zero attached hydrogens (tertiary/aromatic N) is 3. The van der Waals surface area contributed by atoms with Crippen molar-refractivity contribution < 1.29 is 18.0 Å². The fraction of sp³-hybridized carbons (Fsp3) is 0.471. The van der Waals surface area contributed by atoms with Crippen LogP contribution >= 0.6 is 12.2 Å². The van der Waals surface area contributed by atoms with E-state index in [4.69, 9.17) is 12.2 Å². The van der Waals surface area contributed by atoms with E-state index in [-0.39, 0.29) is 18.2 Å².